The van der Waals surface area contributed by atoms with E-state index in [4.69, 9.17) is 18.7 Å². The van der Waals surface area contributed by atoms with Gasteiger partial charge in [0, 0.05) is 5.56 Å². The fourth-order valence-corrected chi connectivity index (χ4v) is 2.94. The van der Waals surface area contributed by atoms with Gasteiger partial charge < -0.3 is 24.1 Å². The van der Waals surface area contributed by atoms with Gasteiger partial charge >= 0.3 is 0 Å². The molecule has 0 atom stereocenters. The molecular weight excluding hydrogens is 358 g/mol. The van der Waals surface area contributed by atoms with Crippen molar-refractivity contribution >= 4 is 17.2 Å². The van der Waals surface area contributed by atoms with Crippen LogP contribution < -0.4 is 19.5 Å². The summed E-state index contributed by atoms with van der Waals surface area (Å²) in [6, 6.07) is 7.00. The number of hydrogen-bond donors (Lipinski definition) is 1. The number of nitrogens with zero attached hydrogens (tertiary/aromatic N) is 2. The van der Waals surface area contributed by atoms with E-state index in [1.807, 2.05) is 11.4 Å². The number of hydrogen-bond acceptors (Lipinski definition) is 8. The number of nitrogens with one attached hydrogen (secondary N) is 1. The Balaban J connectivity index is 1.78. The van der Waals surface area contributed by atoms with Gasteiger partial charge in [-0.05, 0) is 23.6 Å². The second kappa shape index (κ2) is 7.87. The third-order valence-corrected chi connectivity index (χ3v) is 4.40. The Bertz CT molecular complexity index is 867. The molecule has 0 bridgehead atoms. The van der Waals surface area contributed by atoms with Crippen LogP contribution in [0.15, 0.2) is 34.2 Å². The van der Waals surface area contributed by atoms with E-state index in [2.05, 4.69) is 15.5 Å². The lowest BCUT2D eigenvalue weighted by Gasteiger charge is -2.12. The summed E-state index contributed by atoms with van der Waals surface area (Å²) in [5.74, 6) is 1.90. The standard InChI is InChI=1S/C17H17N3O5S/c1-22-11-7-10(8-12(23-2)15(11)24-3)16-19-14(25-20-16)9-18-17(21)13-5-4-6-26-13/h4-8H,9H2,1-3H3,(H,18,21). The molecule has 2 aromatic heterocycles. The Morgan fingerprint density at radius 3 is 2.50 bits per heavy atom. The third kappa shape index (κ3) is 3.62. The van der Waals surface area contributed by atoms with E-state index in [1.165, 1.54) is 32.7 Å². The summed E-state index contributed by atoms with van der Waals surface area (Å²) in [6.07, 6.45) is 0. The Labute approximate surface area is 153 Å². The van der Waals surface area contributed by atoms with E-state index in [-0.39, 0.29) is 12.5 Å². The molecule has 1 N–H and O–H groups in total. The molecule has 0 saturated heterocycles. The fraction of sp³-hybridized carbons (Fsp3) is 0.235. The molecule has 0 saturated carbocycles. The molecule has 1 aromatic carbocycles. The van der Waals surface area contributed by atoms with Gasteiger partial charge in [-0.1, -0.05) is 11.2 Å². The van der Waals surface area contributed by atoms with Crippen LogP contribution in [-0.2, 0) is 6.54 Å². The third-order valence-electron chi connectivity index (χ3n) is 3.54. The average molecular weight is 375 g/mol. The van der Waals surface area contributed by atoms with Gasteiger partial charge in [0.25, 0.3) is 5.91 Å². The van der Waals surface area contributed by atoms with Gasteiger partial charge in [0.15, 0.2) is 11.5 Å². The van der Waals surface area contributed by atoms with Gasteiger partial charge in [-0.2, -0.15) is 4.98 Å². The van der Waals surface area contributed by atoms with Crippen molar-refractivity contribution in [2.75, 3.05) is 21.3 Å². The highest BCUT2D eigenvalue weighted by Crippen LogP contribution is 2.40. The molecular formula is C17H17N3O5S. The van der Waals surface area contributed by atoms with Crippen LogP contribution in [0.4, 0.5) is 0 Å². The topological polar surface area (TPSA) is 95.7 Å². The molecule has 0 unspecified atom stereocenters. The van der Waals surface area contributed by atoms with Crippen LogP contribution in [0.2, 0.25) is 0 Å². The highest BCUT2D eigenvalue weighted by molar-refractivity contribution is 7.12. The first-order chi connectivity index (χ1) is 12.7. The van der Waals surface area contributed by atoms with Crippen molar-refractivity contribution in [3.8, 4) is 28.6 Å². The van der Waals surface area contributed by atoms with Crippen LogP contribution in [-0.4, -0.2) is 37.4 Å². The molecule has 0 aliphatic carbocycles. The smallest absolute Gasteiger partial charge is 0.261 e. The van der Waals surface area contributed by atoms with Gasteiger partial charge in [0.2, 0.25) is 17.5 Å². The summed E-state index contributed by atoms with van der Waals surface area (Å²) < 4.78 is 21.1. The molecule has 9 heteroatoms. The highest BCUT2D eigenvalue weighted by atomic mass is 32.1. The first-order valence-electron chi connectivity index (χ1n) is 7.61. The molecule has 3 aromatic rings. The molecule has 1 amide bonds. The summed E-state index contributed by atoms with van der Waals surface area (Å²) in [4.78, 5) is 16.9. The largest absolute Gasteiger partial charge is 0.493 e. The van der Waals surface area contributed by atoms with Crippen LogP contribution in [0.3, 0.4) is 0 Å². The van der Waals surface area contributed by atoms with Gasteiger partial charge in [-0.15, -0.1) is 11.3 Å². The number of carbonyl (C=O) groups is 1. The van der Waals surface area contributed by atoms with Crippen molar-refractivity contribution < 1.29 is 23.5 Å². The first kappa shape index (κ1) is 17.7. The number of thiophene rings is 1. The fourth-order valence-electron chi connectivity index (χ4n) is 2.30. The Kier molecular flexibility index (Phi) is 5.37. The normalized spacial score (nSPS) is 10.4. The minimum atomic E-state index is -0.187. The zero-order chi connectivity index (χ0) is 18.5. The SMILES string of the molecule is COc1cc(-c2noc(CNC(=O)c3cccs3)n2)cc(OC)c1OC. The molecule has 8 nitrogen and oxygen atoms in total. The van der Waals surface area contributed by atoms with Gasteiger partial charge in [-0.25, -0.2) is 0 Å². The monoisotopic (exact) mass is 375 g/mol. The predicted molar refractivity (Wildman–Crippen MR) is 94.9 cm³/mol. The molecule has 0 fully saturated rings. The van der Waals surface area contributed by atoms with Gasteiger partial charge in [0.1, 0.15) is 0 Å². The molecule has 26 heavy (non-hydrogen) atoms. The van der Waals surface area contributed by atoms with E-state index in [0.717, 1.165) is 0 Å². The predicted octanol–water partition coefficient (Wildman–Crippen LogP) is 2.75. The average Bonchev–Trinajstić information content (AvgIpc) is 3.36. The van der Waals surface area contributed by atoms with Crippen LogP contribution in [0, 0.1) is 0 Å². The van der Waals surface area contributed by atoms with Crippen molar-refractivity contribution in [3.05, 3.63) is 40.4 Å². The van der Waals surface area contributed by atoms with E-state index in [0.29, 0.717) is 39.4 Å². The van der Waals surface area contributed by atoms with E-state index in [9.17, 15) is 4.79 Å². The van der Waals surface area contributed by atoms with Crippen LogP contribution in [0.5, 0.6) is 17.2 Å². The summed E-state index contributed by atoms with van der Waals surface area (Å²) in [6.45, 7) is 0.133. The summed E-state index contributed by atoms with van der Waals surface area (Å²) in [7, 11) is 4.59. The van der Waals surface area contributed by atoms with Crippen molar-refractivity contribution in [2.24, 2.45) is 0 Å². The quantitative estimate of drug-likeness (QED) is 0.678. The number of carbonyl (C=O) groups excluding carboxylic acids is 1. The second-order valence-corrected chi connectivity index (χ2v) is 6.03. The first-order valence-corrected chi connectivity index (χ1v) is 8.49. The van der Waals surface area contributed by atoms with Crippen molar-refractivity contribution in [3.63, 3.8) is 0 Å². The van der Waals surface area contributed by atoms with Crippen LogP contribution >= 0.6 is 11.3 Å². The lowest BCUT2D eigenvalue weighted by molar-refractivity contribution is 0.0950. The minimum absolute atomic E-state index is 0.133. The minimum Gasteiger partial charge on any atom is -0.493 e. The zero-order valence-corrected chi connectivity index (χ0v) is 15.3. The van der Waals surface area contributed by atoms with Crippen LogP contribution in [0.1, 0.15) is 15.6 Å². The lowest BCUT2D eigenvalue weighted by Crippen LogP contribution is -2.21. The number of amides is 1. The maximum absolute atomic E-state index is 12.0. The van der Waals surface area contributed by atoms with E-state index < -0.39 is 0 Å². The number of aromatic nitrogens is 2. The number of ether oxygens (including phenoxy) is 3. The highest BCUT2D eigenvalue weighted by Gasteiger charge is 2.17. The Morgan fingerprint density at radius 1 is 1.19 bits per heavy atom. The maximum atomic E-state index is 12.0. The van der Waals surface area contributed by atoms with E-state index >= 15 is 0 Å². The number of benzene rings is 1. The number of rotatable bonds is 7. The molecule has 136 valence electrons. The number of methoxy groups -OCH3 is 3. The molecule has 0 radical (unpaired) electrons. The summed E-state index contributed by atoms with van der Waals surface area (Å²) >= 11 is 1.36. The maximum Gasteiger partial charge on any atom is 0.261 e. The lowest BCUT2D eigenvalue weighted by atomic mass is 10.1. The zero-order valence-electron chi connectivity index (χ0n) is 14.4. The molecule has 2 heterocycles. The molecule has 3 rings (SSSR count). The second-order valence-electron chi connectivity index (χ2n) is 5.09. The van der Waals surface area contributed by atoms with Crippen molar-refractivity contribution in [1.29, 1.82) is 0 Å². The van der Waals surface area contributed by atoms with Crippen molar-refractivity contribution in [1.82, 2.24) is 15.5 Å². The Morgan fingerprint density at radius 2 is 1.92 bits per heavy atom. The van der Waals surface area contributed by atoms with Gasteiger partial charge in [0.05, 0.1) is 32.8 Å². The molecule has 0 aliphatic rings. The molecule has 0 aliphatic heterocycles. The van der Waals surface area contributed by atoms with Gasteiger partial charge in [-0.3, -0.25) is 4.79 Å². The van der Waals surface area contributed by atoms with Crippen LogP contribution in [0.25, 0.3) is 11.4 Å². The van der Waals surface area contributed by atoms with E-state index in [1.54, 1.807) is 18.2 Å². The molecule has 0 spiro atoms. The Hall–Kier alpha value is -3.07. The summed E-state index contributed by atoms with van der Waals surface area (Å²) in [5, 5.41) is 8.52. The summed E-state index contributed by atoms with van der Waals surface area (Å²) in [5.41, 5.74) is 0.638. The van der Waals surface area contributed by atoms with Crippen molar-refractivity contribution in [2.45, 2.75) is 6.54 Å².